The van der Waals surface area contributed by atoms with Gasteiger partial charge in [0.05, 0.1) is 9.79 Å². The number of rotatable bonds is 3. The van der Waals surface area contributed by atoms with Gasteiger partial charge in [0.1, 0.15) is 0 Å². The van der Waals surface area contributed by atoms with Gasteiger partial charge in [0.15, 0.2) is 0 Å². The second-order valence-corrected chi connectivity index (χ2v) is 8.90. The third-order valence-corrected chi connectivity index (χ3v) is 6.52. The molecule has 0 spiro atoms. The molecule has 0 aromatic heterocycles. The highest BCUT2D eigenvalue weighted by Gasteiger charge is 2.24. The lowest BCUT2D eigenvalue weighted by Gasteiger charge is -2.19. The normalized spacial score (nSPS) is 12.4. The van der Waals surface area contributed by atoms with E-state index in [0.29, 0.717) is 11.1 Å². The van der Waals surface area contributed by atoms with E-state index in [2.05, 4.69) is 0 Å². The van der Waals surface area contributed by atoms with Crippen LogP contribution >= 0.6 is 0 Å². The molecule has 0 atom stereocenters. The third-order valence-electron chi connectivity index (χ3n) is 4.56. The van der Waals surface area contributed by atoms with Crippen LogP contribution < -0.4 is 11.5 Å². The van der Waals surface area contributed by atoms with E-state index in [0.717, 1.165) is 0 Å². The van der Waals surface area contributed by atoms with E-state index in [-0.39, 0.29) is 43.4 Å². The standard InChI is InChI=1S/C16H20N2O6S2/c1-7-11(5-13(25(19,20)21)9(3)15(7)17)12-6-14(26(22,23)24)10(4)16(18)8(12)2/h5-6H,17-18H2,1-4H3,(H,19,20,21)(H,22,23,24). The molecule has 2 aromatic rings. The van der Waals surface area contributed by atoms with Crippen molar-refractivity contribution in [3.8, 4) is 11.1 Å². The Labute approximate surface area is 152 Å². The van der Waals surface area contributed by atoms with Crippen molar-refractivity contribution >= 4 is 31.6 Å². The van der Waals surface area contributed by atoms with Crippen molar-refractivity contribution in [1.82, 2.24) is 0 Å². The maximum Gasteiger partial charge on any atom is 0.294 e. The van der Waals surface area contributed by atoms with Crippen LogP contribution in [-0.2, 0) is 20.2 Å². The summed E-state index contributed by atoms with van der Waals surface area (Å²) < 4.78 is 65.6. The summed E-state index contributed by atoms with van der Waals surface area (Å²) >= 11 is 0. The van der Waals surface area contributed by atoms with E-state index >= 15 is 0 Å². The molecular formula is C16H20N2O6S2. The minimum absolute atomic E-state index is 0.141. The smallest absolute Gasteiger partial charge is 0.294 e. The molecule has 2 aromatic carbocycles. The molecule has 2 rings (SSSR count). The average molecular weight is 400 g/mol. The van der Waals surface area contributed by atoms with Crippen LogP contribution in [0, 0.1) is 27.7 Å². The minimum Gasteiger partial charge on any atom is -0.398 e. The fraction of sp³-hybridized carbons (Fsp3) is 0.250. The van der Waals surface area contributed by atoms with Crippen molar-refractivity contribution in [2.75, 3.05) is 11.5 Å². The third kappa shape index (κ3) is 3.28. The summed E-state index contributed by atoms with van der Waals surface area (Å²) in [7, 11) is -9.10. The number of benzene rings is 2. The Hall–Kier alpha value is -2.14. The predicted octanol–water partition coefficient (Wildman–Crippen LogP) is 2.25. The van der Waals surface area contributed by atoms with E-state index in [1.165, 1.54) is 26.0 Å². The number of anilines is 2. The van der Waals surface area contributed by atoms with Crippen molar-refractivity contribution in [1.29, 1.82) is 0 Å². The first-order valence-electron chi connectivity index (χ1n) is 7.42. The summed E-state index contributed by atoms with van der Waals surface area (Å²) in [6, 6.07) is 2.42. The van der Waals surface area contributed by atoms with Gasteiger partial charge in [-0.05, 0) is 73.2 Å². The lowest BCUT2D eigenvalue weighted by atomic mass is 9.92. The number of hydrogen-bond donors (Lipinski definition) is 4. The molecule has 0 aliphatic heterocycles. The van der Waals surface area contributed by atoms with Crippen LogP contribution in [0.25, 0.3) is 11.1 Å². The zero-order valence-corrected chi connectivity index (χ0v) is 16.3. The number of nitrogen functional groups attached to an aromatic ring is 2. The molecule has 0 bridgehead atoms. The Kier molecular flexibility index (Phi) is 4.84. The molecular weight excluding hydrogens is 380 g/mol. The molecule has 0 fully saturated rings. The molecule has 0 saturated heterocycles. The van der Waals surface area contributed by atoms with E-state index < -0.39 is 20.2 Å². The second kappa shape index (κ2) is 6.23. The Balaban J connectivity index is 3.03. The van der Waals surface area contributed by atoms with Gasteiger partial charge in [-0.25, -0.2) is 0 Å². The first kappa shape index (κ1) is 20.2. The van der Waals surface area contributed by atoms with Crippen LogP contribution in [0.1, 0.15) is 22.3 Å². The summed E-state index contributed by atoms with van der Waals surface area (Å²) in [4.78, 5) is -0.773. The highest BCUT2D eigenvalue weighted by atomic mass is 32.2. The fourth-order valence-corrected chi connectivity index (χ4v) is 4.44. The maximum absolute atomic E-state index is 11.7. The highest BCUT2D eigenvalue weighted by Crippen LogP contribution is 2.39. The number of nitrogens with two attached hydrogens (primary N) is 2. The zero-order chi connectivity index (χ0) is 20.2. The average Bonchev–Trinajstić information content (AvgIpc) is 2.49. The van der Waals surface area contributed by atoms with Crippen molar-refractivity contribution in [2.24, 2.45) is 0 Å². The van der Waals surface area contributed by atoms with Crippen molar-refractivity contribution in [3.63, 3.8) is 0 Å². The molecule has 8 nitrogen and oxygen atoms in total. The van der Waals surface area contributed by atoms with Gasteiger partial charge < -0.3 is 11.5 Å². The van der Waals surface area contributed by atoms with E-state index in [4.69, 9.17) is 11.5 Å². The van der Waals surface area contributed by atoms with Gasteiger partial charge in [-0.1, -0.05) is 0 Å². The monoisotopic (exact) mass is 400 g/mol. The van der Waals surface area contributed by atoms with Gasteiger partial charge in [-0.15, -0.1) is 0 Å². The maximum atomic E-state index is 11.7. The summed E-state index contributed by atoms with van der Waals surface area (Å²) in [6.45, 7) is 6.17. The highest BCUT2D eigenvalue weighted by molar-refractivity contribution is 7.86. The molecule has 10 heteroatoms. The van der Waals surface area contributed by atoms with Crippen LogP contribution in [0.4, 0.5) is 11.4 Å². The van der Waals surface area contributed by atoms with Crippen molar-refractivity contribution in [2.45, 2.75) is 37.5 Å². The molecule has 0 radical (unpaired) electrons. The molecule has 6 N–H and O–H groups in total. The van der Waals surface area contributed by atoms with Gasteiger partial charge in [0.2, 0.25) is 0 Å². The topological polar surface area (TPSA) is 161 Å². The van der Waals surface area contributed by atoms with Gasteiger partial charge >= 0.3 is 0 Å². The SMILES string of the molecule is Cc1c(-c2cc(S(=O)(=O)O)c(C)c(N)c2C)cc(S(=O)(=O)O)c(C)c1N. The van der Waals surface area contributed by atoms with Gasteiger partial charge in [-0.2, -0.15) is 16.8 Å². The van der Waals surface area contributed by atoms with Crippen molar-refractivity contribution in [3.05, 3.63) is 34.4 Å². The predicted molar refractivity (Wildman–Crippen MR) is 99.3 cm³/mol. The Bertz CT molecular complexity index is 1040. The van der Waals surface area contributed by atoms with E-state index in [1.807, 2.05) is 0 Å². The lowest BCUT2D eigenvalue weighted by Crippen LogP contribution is -2.09. The van der Waals surface area contributed by atoms with Crippen LogP contribution in [0.2, 0.25) is 0 Å². The summed E-state index contributed by atoms with van der Waals surface area (Å²) in [6.07, 6.45) is 0. The molecule has 0 amide bonds. The first-order valence-corrected chi connectivity index (χ1v) is 10.3. The lowest BCUT2D eigenvalue weighted by molar-refractivity contribution is 0.480. The van der Waals surface area contributed by atoms with Crippen molar-refractivity contribution < 1.29 is 25.9 Å². The molecule has 0 aliphatic rings. The minimum atomic E-state index is -4.55. The van der Waals surface area contributed by atoms with Crippen LogP contribution in [0.15, 0.2) is 21.9 Å². The molecule has 142 valence electrons. The Morgan fingerprint density at radius 3 is 1.15 bits per heavy atom. The molecule has 0 saturated carbocycles. The second-order valence-electron chi connectivity index (χ2n) is 6.12. The first-order chi connectivity index (χ1) is 11.7. The van der Waals surface area contributed by atoms with Crippen LogP contribution in [0.3, 0.4) is 0 Å². The largest absolute Gasteiger partial charge is 0.398 e. The Morgan fingerprint density at radius 1 is 0.654 bits per heavy atom. The van der Waals surface area contributed by atoms with Crippen LogP contribution in [0.5, 0.6) is 0 Å². The Morgan fingerprint density at radius 2 is 0.923 bits per heavy atom. The number of hydrogen-bond acceptors (Lipinski definition) is 6. The van der Waals surface area contributed by atoms with Gasteiger partial charge in [0, 0.05) is 11.4 Å². The summed E-state index contributed by atoms with van der Waals surface area (Å²) in [5.74, 6) is 0. The van der Waals surface area contributed by atoms with E-state index in [9.17, 15) is 25.9 Å². The zero-order valence-electron chi connectivity index (χ0n) is 14.7. The molecule has 0 heterocycles. The van der Waals surface area contributed by atoms with Gasteiger partial charge in [0.25, 0.3) is 20.2 Å². The fourth-order valence-electron chi connectivity index (χ4n) is 2.91. The quantitative estimate of drug-likeness (QED) is 0.450. The molecule has 26 heavy (non-hydrogen) atoms. The molecule has 0 unspecified atom stereocenters. The van der Waals surface area contributed by atoms with E-state index in [1.54, 1.807) is 13.8 Å². The van der Waals surface area contributed by atoms with Crippen LogP contribution in [-0.4, -0.2) is 25.9 Å². The molecule has 0 aliphatic carbocycles. The summed E-state index contributed by atoms with van der Waals surface area (Å²) in [5, 5.41) is 0. The van der Waals surface area contributed by atoms with Gasteiger partial charge in [-0.3, -0.25) is 9.11 Å². The summed E-state index contributed by atoms with van der Waals surface area (Å²) in [5.41, 5.74) is 14.2.